The molecule has 1 aliphatic carbocycles. The number of carboxylic acids is 1. The molecule has 0 spiro atoms. The molecule has 0 radical (unpaired) electrons. The number of fused-ring (bicyclic) bond motifs is 3. The number of nitrogens with one attached hydrogen (secondary N) is 1. The van der Waals surface area contributed by atoms with E-state index in [4.69, 9.17) is 4.74 Å². The number of hydrogen-bond donors (Lipinski definition) is 3. The number of carbonyl (C=O) groups is 2. The number of hydrogen-bond acceptors (Lipinski definition) is 4. The molecule has 1 amide bonds. The maximum atomic E-state index is 12.4. The van der Waals surface area contributed by atoms with E-state index in [1.165, 1.54) is 19.1 Å². The quantitative estimate of drug-likeness (QED) is 0.280. The van der Waals surface area contributed by atoms with Crippen LogP contribution in [0.4, 0.5) is 4.79 Å². The molecule has 35 heavy (non-hydrogen) atoms. The zero-order valence-electron chi connectivity index (χ0n) is 21.2. The van der Waals surface area contributed by atoms with E-state index in [1.807, 2.05) is 76.2 Å². The summed E-state index contributed by atoms with van der Waals surface area (Å²) >= 11 is 0. The maximum absolute atomic E-state index is 12.4. The van der Waals surface area contributed by atoms with Crippen LogP contribution >= 0.6 is 0 Å². The lowest BCUT2D eigenvalue weighted by atomic mass is 9.98. The van der Waals surface area contributed by atoms with Crippen LogP contribution < -0.4 is 5.32 Å². The molecule has 0 aromatic heterocycles. The Bertz CT molecular complexity index is 1010. The van der Waals surface area contributed by atoms with E-state index in [0.717, 1.165) is 22.3 Å². The topological polar surface area (TPSA) is 95.9 Å². The first-order valence-electron chi connectivity index (χ1n) is 11.9. The zero-order valence-corrected chi connectivity index (χ0v) is 21.2. The number of allylic oxidation sites excluding steroid dienone is 4. The normalized spacial score (nSPS) is 13.1. The van der Waals surface area contributed by atoms with E-state index in [1.54, 1.807) is 6.08 Å². The van der Waals surface area contributed by atoms with Crippen LogP contribution in [0.25, 0.3) is 11.1 Å². The van der Waals surface area contributed by atoms with Gasteiger partial charge in [-0.25, -0.2) is 9.59 Å². The van der Waals surface area contributed by atoms with Crippen LogP contribution in [0, 0.1) is 0 Å². The number of ether oxygens (including phenoxy) is 1. The first kappa shape index (κ1) is 29.2. The smallest absolute Gasteiger partial charge is 0.407 e. The highest BCUT2D eigenvalue weighted by Crippen LogP contribution is 2.44. The molecule has 0 saturated heterocycles. The molecule has 1 aliphatic rings. The van der Waals surface area contributed by atoms with Crippen LogP contribution in [0.5, 0.6) is 0 Å². The van der Waals surface area contributed by atoms with Crippen molar-refractivity contribution in [2.75, 3.05) is 6.61 Å². The number of carbonyl (C=O) groups excluding carboxylic acids is 1. The largest absolute Gasteiger partial charge is 0.513 e. The van der Waals surface area contributed by atoms with Gasteiger partial charge in [-0.05, 0) is 40.8 Å². The fourth-order valence-electron chi connectivity index (χ4n) is 3.67. The number of aliphatic carboxylic acids is 1. The van der Waals surface area contributed by atoms with Gasteiger partial charge in [0.2, 0.25) is 0 Å². The van der Waals surface area contributed by atoms with Gasteiger partial charge in [0.25, 0.3) is 0 Å². The monoisotopic (exact) mass is 479 g/mol. The number of alkyl carbamates (subject to hydrolysis) is 1. The second-order valence-corrected chi connectivity index (χ2v) is 7.32. The van der Waals surface area contributed by atoms with Crippen LogP contribution in [0.15, 0.2) is 84.7 Å². The lowest BCUT2D eigenvalue weighted by Gasteiger charge is -2.17. The van der Waals surface area contributed by atoms with Crippen LogP contribution in [-0.4, -0.2) is 34.9 Å². The van der Waals surface area contributed by atoms with Gasteiger partial charge < -0.3 is 20.3 Å². The molecule has 3 N–H and O–H groups in total. The summed E-state index contributed by atoms with van der Waals surface area (Å²) in [4.78, 5) is 24.0. The average molecular weight is 480 g/mol. The predicted molar refractivity (Wildman–Crippen MR) is 142 cm³/mol. The Kier molecular flexibility index (Phi) is 12.7. The molecule has 6 nitrogen and oxygen atoms in total. The molecule has 0 saturated carbocycles. The zero-order chi connectivity index (χ0) is 26.4. The number of aliphatic hydroxyl groups is 1. The lowest BCUT2D eigenvalue weighted by Crippen LogP contribution is -2.41. The molecule has 1 unspecified atom stereocenters. The second-order valence-electron chi connectivity index (χ2n) is 7.32. The SMILES string of the molecule is C=C/C(=C\C=C(/C)O)CC(NC(=O)OCC1c2ccccc2-c2ccccc21)C(=O)O.CC.CC. The van der Waals surface area contributed by atoms with Crippen LogP contribution in [0.1, 0.15) is 58.1 Å². The van der Waals surface area contributed by atoms with Crippen molar-refractivity contribution in [1.82, 2.24) is 5.32 Å². The summed E-state index contributed by atoms with van der Waals surface area (Å²) in [5.41, 5.74) is 4.94. The van der Waals surface area contributed by atoms with Crippen molar-refractivity contribution in [2.45, 2.75) is 53.0 Å². The molecule has 3 rings (SSSR count). The van der Waals surface area contributed by atoms with Gasteiger partial charge in [0.05, 0.1) is 5.76 Å². The van der Waals surface area contributed by atoms with Crippen molar-refractivity contribution in [2.24, 2.45) is 0 Å². The molecule has 1 atom stereocenters. The Morgan fingerprint density at radius 1 is 0.971 bits per heavy atom. The van der Waals surface area contributed by atoms with E-state index < -0.39 is 18.1 Å². The maximum Gasteiger partial charge on any atom is 0.407 e. The average Bonchev–Trinajstić information content (AvgIpc) is 3.20. The van der Waals surface area contributed by atoms with Gasteiger partial charge in [-0.15, -0.1) is 0 Å². The molecule has 2 aromatic carbocycles. The summed E-state index contributed by atoms with van der Waals surface area (Å²) in [6, 6.07) is 14.8. The Hall–Kier alpha value is -3.80. The fraction of sp³-hybridized carbons (Fsp3) is 0.310. The Morgan fingerprint density at radius 2 is 1.49 bits per heavy atom. The van der Waals surface area contributed by atoms with Crippen molar-refractivity contribution < 1.29 is 24.5 Å². The summed E-state index contributed by atoms with van der Waals surface area (Å²) in [5, 5.41) is 21.2. The minimum atomic E-state index is -1.19. The van der Waals surface area contributed by atoms with Crippen LogP contribution in [0.2, 0.25) is 0 Å². The van der Waals surface area contributed by atoms with E-state index >= 15 is 0 Å². The summed E-state index contributed by atoms with van der Waals surface area (Å²) in [6.45, 7) is 13.2. The number of rotatable bonds is 8. The molecule has 6 heteroatoms. The molecule has 0 aliphatic heterocycles. The highest BCUT2D eigenvalue weighted by Gasteiger charge is 2.29. The molecule has 2 aromatic rings. The number of carboxylic acid groups (broad SMARTS) is 1. The van der Waals surface area contributed by atoms with Crippen molar-refractivity contribution in [3.05, 3.63) is 95.8 Å². The van der Waals surface area contributed by atoms with Crippen molar-refractivity contribution in [3.63, 3.8) is 0 Å². The molecular weight excluding hydrogens is 442 g/mol. The molecule has 0 bridgehead atoms. The summed E-state index contributed by atoms with van der Waals surface area (Å²) in [7, 11) is 0. The second kappa shape index (κ2) is 15.2. The first-order valence-corrected chi connectivity index (χ1v) is 11.9. The Balaban J connectivity index is 0.00000145. The van der Waals surface area contributed by atoms with Crippen molar-refractivity contribution in [1.29, 1.82) is 0 Å². The van der Waals surface area contributed by atoms with Gasteiger partial charge in [0, 0.05) is 12.3 Å². The van der Waals surface area contributed by atoms with Crippen molar-refractivity contribution in [3.8, 4) is 11.1 Å². The highest BCUT2D eigenvalue weighted by molar-refractivity contribution is 5.81. The molecule has 188 valence electrons. The Labute approximate surface area is 208 Å². The number of aliphatic hydroxyl groups excluding tert-OH is 1. The molecule has 0 heterocycles. The van der Waals surface area contributed by atoms with Crippen LogP contribution in [0.3, 0.4) is 0 Å². The van der Waals surface area contributed by atoms with Gasteiger partial charge >= 0.3 is 12.1 Å². The van der Waals surface area contributed by atoms with Gasteiger partial charge in [-0.1, -0.05) is 95.0 Å². The van der Waals surface area contributed by atoms with Gasteiger partial charge in [-0.3, -0.25) is 0 Å². The van der Waals surface area contributed by atoms with E-state index in [2.05, 4.69) is 11.9 Å². The third-order valence-corrected chi connectivity index (χ3v) is 5.17. The minimum Gasteiger partial charge on any atom is -0.513 e. The van der Waals surface area contributed by atoms with E-state index in [-0.39, 0.29) is 24.7 Å². The summed E-state index contributed by atoms with van der Waals surface area (Å²) in [5.74, 6) is -1.22. The summed E-state index contributed by atoms with van der Waals surface area (Å²) in [6.07, 6.45) is 3.68. The van der Waals surface area contributed by atoms with Crippen LogP contribution in [-0.2, 0) is 9.53 Å². The highest BCUT2D eigenvalue weighted by atomic mass is 16.5. The Morgan fingerprint density at radius 3 is 1.94 bits per heavy atom. The minimum absolute atomic E-state index is 0.00675. The number of amides is 1. The van der Waals surface area contributed by atoms with Crippen molar-refractivity contribution >= 4 is 12.1 Å². The standard InChI is InChI=1S/C25H25NO5.2C2H6/c1-3-17(13-12-16(2)27)14-23(24(28)29)26-25(30)31-15-22-20-10-6-4-8-18(20)19-9-5-7-11-21(19)22;2*1-2/h3-13,22-23,27H,1,14-15H2,2H3,(H,26,30)(H,28,29);2*1-2H3/b16-12+,17-13+;;. The van der Waals surface area contributed by atoms with Gasteiger partial charge in [0.1, 0.15) is 12.6 Å². The predicted octanol–water partition coefficient (Wildman–Crippen LogP) is 7.00. The number of benzene rings is 2. The summed E-state index contributed by atoms with van der Waals surface area (Å²) < 4.78 is 5.42. The lowest BCUT2D eigenvalue weighted by molar-refractivity contribution is -0.139. The first-order chi connectivity index (χ1) is 16.9. The van der Waals surface area contributed by atoms with Gasteiger partial charge in [0.15, 0.2) is 0 Å². The third kappa shape index (κ3) is 8.18. The van der Waals surface area contributed by atoms with E-state index in [0.29, 0.717) is 5.57 Å². The fourth-order valence-corrected chi connectivity index (χ4v) is 3.67. The third-order valence-electron chi connectivity index (χ3n) is 5.17. The molecule has 0 fully saturated rings. The molecular formula is C29H37NO5. The van der Waals surface area contributed by atoms with E-state index in [9.17, 15) is 19.8 Å². The van der Waals surface area contributed by atoms with Gasteiger partial charge in [-0.2, -0.15) is 0 Å².